The molecule has 1 N–H and O–H groups in total. The van der Waals surface area contributed by atoms with E-state index in [1.54, 1.807) is 17.0 Å². The molecule has 1 saturated heterocycles. The summed E-state index contributed by atoms with van der Waals surface area (Å²) in [6.45, 7) is 9.68. The second kappa shape index (κ2) is 10.8. The number of hydrogen-bond acceptors (Lipinski definition) is 7. The number of nitrogens with zero attached hydrogens (tertiary/aromatic N) is 3. The first-order valence-electron chi connectivity index (χ1n) is 9.98. The predicted molar refractivity (Wildman–Crippen MR) is 110 cm³/mol. The van der Waals surface area contributed by atoms with E-state index in [4.69, 9.17) is 9.47 Å². The van der Waals surface area contributed by atoms with E-state index in [1.807, 2.05) is 20.8 Å². The zero-order chi connectivity index (χ0) is 22.1. The van der Waals surface area contributed by atoms with Crippen LogP contribution < -0.4 is 5.32 Å². The molecule has 0 aliphatic carbocycles. The first kappa shape index (κ1) is 23.4. The number of benzene rings is 1. The highest BCUT2D eigenvalue weighted by Crippen LogP contribution is 2.13. The monoisotopic (exact) mass is 422 g/mol. The van der Waals surface area contributed by atoms with Crippen LogP contribution in [0.15, 0.2) is 24.3 Å². The summed E-state index contributed by atoms with van der Waals surface area (Å²) >= 11 is 0. The van der Waals surface area contributed by atoms with E-state index in [2.05, 4.69) is 10.2 Å². The van der Waals surface area contributed by atoms with Gasteiger partial charge in [-0.1, -0.05) is 0 Å². The number of nitro benzene ring substituents is 1. The van der Waals surface area contributed by atoms with Crippen molar-refractivity contribution in [2.45, 2.75) is 39.4 Å². The highest BCUT2D eigenvalue weighted by molar-refractivity contribution is 5.68. The SMILES string of the molecule is CC(C)(C)OC(=O)N1CCN(CCCNC(=O)OCc2ccc([N+](=O)[O-])cc2)CC1. The van der Waals surface area contributed by atoms with Crippen molar-refractivity contribution < 1.29 is 24.0 Å². The van der Waals surface area contributed by atoms with E-state index < -0.39 is 16.6 Å². The van der Waals surface area contributed by atoms with Gasteiger partial charge in [0.2, 0.25) is 0 Å². The fourth-order valence-electron chi connectivity index (χ4n) is 2.89. The average molecular weight is 422 g/mol. The van der Waals surface area contributed by atoms with E-state index >= 15 is 0 Å². The van der Waals surface area contributed by atoms with Gasteiger partial charge >= 0.3 is 12.2 Å². The number of alkyl carbamates (subject to hydrolysis) is 1. The third-order valence-corrected chi connectivity index (χ3v) is 4.46. The molecule has 2 rings (SSSR count). The molecule has 0 atom stereocenters. The van der Waals surface area contributed by atoms with Crippen molar-refractivity contribution in [2.75, 3.05) is 39.3 Å². The summed E-state index contributed by atoms with van der Waals surface area (Å²) in [5.74, 6) is 0. The molecule has 30 heavy (non-hydrogen) atoms. The zero-order valence-electron chi connectivity index (χ0n) is 17.8. The van der Waals surface area contributed by atoms with E-state index in [0.29, 0.717) is 25.2 Å². The normalized spacial score (nSPS) is 14.8. The summed E-state index contributed by atoms with van der Waals surface area (Å²) in [7, 11) is 0. The number of ether oxygens (including phenoxy) is 2. The quantitative estimate of drug-likeness (QED) is 0.408. The molecule has 10 nitrogen and oxygen atoms in total. The third-order valence-electron chi connectivity index (χ3n) is 4.46. The molecule has 1 fully saturated rings. The molecule has 0 spiro atoms. The minimum atomic E-state index is -0.525. The van der Waals surface area contributed by atoms with Crippen LogP contribution in [0.4, 0.5) is 15.3 Å². The lowest BCUT2D eigenvalue weighted by atomic mass is 10.2. The highest BCUT2D eigenvalue weighted by atomic mass is 16.6. The maximum absolute atomic E-state index is 12.1. The molecule has 10 heteroatoms. The van der Waals surface area contributed by atoms with Crippen LogP contribution in [-0.4, -0.2) is 71.8 Å². The van der Waals surface area contributed by atoms with Crippen molar-refractivity contribution in [3.8, 4) is 0 Å². The number of nitro groups is 1. The number of hydrogen-bond donors (Lipinski definition) is 1. The van der Waals surface area contributed by atoms with E-state index in [1.165, 1.54) is 12.1 Å². The molecule has 1 aromatic carbocycles. The summed E-state index contributed by atoms with van der Waals surface area (Å²) in [4.78, 5) is 37.9. The summed E-state index contributed by atoms with van der Waals surface area (Å²) < 4.78 is 10.5. The number of nitrogens with one attached hydrogen (secondary N) is 1. The largest absolute Gasteiger partial charge is 0.445 e. The van der Waals surface area contributed by atoms with E-state index in [9.17, 15) is 19.7 Å². The lowest BCUT2D eigenvalue weighted by molar-refractivity contribution is -0.384. The molecule has 1 heterocycles. The molecular weight excluding hydrogens is 392 g/mol. The van der Waals surface area contributed by atoms with Gasteiger partial charge in [-0.05, 0) is 51.4 Å². The average Bonchev–Trinajstić information content (AvgIpc) is 2.69. The second-order valence-electron chi connectivity index (χ2n) is 8.09. The highest BCUT2D eigenvalue weighted by Gasteiger charge is 2.25. The topological polar surface area (TPSA) is 114 Å². The Morgan fingerprint density at radius 2 is 1.77 bits per heavy atom. The lowest BCUT2D eigenvalue weighted by Crippen LogP contribution is -2.50. The van der Waals surface area contributed by atoms with Gasteiger partial charge in [0.05, 0.1) is 4.92 Å². The molecule has 1 aromatic rings. The number of carbonyl (C=O) groups excluding carboxylic acids is 2. The second-order valence-corrected chi connectivity index (χ2v) is 8.09. The fraction of sp³-hybridized carbons (Fsp3) is 0.600. The van der Waals surface area contributed by atoms with Crippen LogP contribution in [0.3, 0.4) is 0 Å². The number of rotatable bonds is 7. The Kier molecular flexibility index (Phi) is 8.40. The number of carbonyl (C=O) groups is 2. The van der Waals surface area contributed by atoms with E-state index in [-0.39, 0.29) is 18.4 Å². The summed E-state index contributed by atoms with van der Waals surface area (Å²) in [6.07, 6.45) is -0.0401. The molecule has 2 amide bonds. The molecule has 0 bridgehead atoms. The Labute approximate surface area is 176 Å². The molecule has 1 aliphatic rings. The van der Waals surface area contributed by atoms with Crippen molar-refractivity contribution in [2.24, 2.45) is 0 Å². The van der Waals surface area contributed by atoms with Gasteiger partial charge in [-0.25, -0.2) is 9.59 Å². The van der Waals surface area contributed by atoms with Crippen LogP contribution in [-0.2, 0) is 16.1 Å². The standard InChI is InChI=1S/C20H30N4O6/c1-20(2,3)30-19(26)23-13-11-22(12-14-23)10-4-9-21-18(25)29-15-16-5-7-17(8-6-16)24(27)28/h5-8H,4,9-15H2,1-3H3,(H,21,25). The zero-order valence-corrected chi connectivity index (χ0v) is 17.8. The molecule has 0 radical (unpaired) electrons. The van der Waals surface area contributed by atoms with Crippen molar-refractivity contribution in [3.05, 3.63) is 39.9 Å². The molecule has 166 valence electrons. The third kappa shape index (κ3) is 8.24. The summed E-state index contributed by atoms with van der Waals surface area (Å²) in [6, 6.07) is 5.86. The van der Waals surface area contributed by atoms with Gasteiger partial charge in [0, 0.05) is 44.9 Å². The summed E-state index contributed by atoms with van der Waals surface area (Å²) in [5.41, 5.74) is 0.182. The number of piperazine rings is 1. The molecular formula is C20H30N4O6. The van der Waals surface area contributed by atoms with Gasteiger partial charge in [-0.3, -0.25) is 15.0 Å². The number of non-ortho nitro benzene ring substituents is 1. The molecule has 0 saturated carbocycles. The van der Waals surface area contributed by atoms with Gasteiger partial charge in [-0.15, -0.1) is 0 Å². The van der Waals surface area contributed by atoms with Crippen LogP contribution in [0.5, 0.6) is 0 Å². The van der Waals surface area contributed by atoms with Crippen molar-refractivity contribution in [3.63, 3.8) is 0 Å². The Morgan fingerprint density at radius 3 is 2.33 bits per heavy atom. The Morgan fingerprint density at radius 1 is 1.13 bits per heavy atom. The Hall–Kier alpha value is -2.88. The van der Waals surface area contributed by atoms with Gasteiger partial charge < -0.3 is 19.7 Å². The van der Waals surface area contributed by atoms with Gasteiger partial charge in [0.15, 0.2) is 0 Å². The van der Waals surface area contributed by atoms with Crippen molar-refractivity contribution in [1.82, 2.24) is 15.1 Å². The number of amides is 2. The first-order valence-corrected chi connectivity index (χ1v) is 9.98. The van der Waals surface area contributed by atoms with Crippen LogP contribution in [0, 0.1) is 10.1 Å². The van der Waals surface area contributed by atoms with E-state index in [0.717, 1.165) is 26.1 Å². The minimum absolute atomic E-state index is 0.00451. The molecule has 0 aromatic heterocycles. The molecule has 1 aliphatic heterocycles. The minimum Gasteiger partial charge on any atom is -0.445 e. The Bertz CT molecular complexity index is 724. The van der Waals surface area contributed by atoms with Crippen LogP contribution in [0.25, 0.3) is 0 Å². The molecule has 0 unspecified atom stereocenters. The summed E-state index contributed by atoms with van der Waals surface area (Å²) in [5, 5.41) is 13.3. The maximum Gasteiger partial charge on any atom is 0.410 e. The van der Waals surface area contributed by atoms with Crippen LogP contribution >= 0.6 is 0 Å². The van der Waals surface area contributed by atoms with Gasteiger partial charge in [0.1, 0.15) is 12.2 Å². The Balaban J connectivity index is 1.56. The van der Waals surface area contributed by atoms with Crippen molar-refractivity contribution >= 4 is 17.9 Å². The first-order chi connectivity index (χ1) is 14.1. The van der Waals surface area contributed by atoms with Crippen molar-refractivity contribution in [1.29, 1.82) is 0 Å². The predicted octanol–water partition coefficient (Wildman–Crippen LogP) is 2.76. The smallest absolute Gasteiger partial charge is 0.410 e. The van der Waals surface area contributed by atoms with Crippen LogP contribution in [0.1, 0.15) is 32.8 Å². The maximum atomic E-state index is 12.1. The van der Waals surface area contributed by atoms with Crippen LogP contribution in [0.2, 0.25) is 0 Å². The van der Waals surface area contributed by atoms with Gasteiger partial charge in [-0.2, -0.15) is 0 Å². The fourth-order valence-corrected chi connectivity index (χ4v) is 2.89. The lowest BCUT2D eigenvalue weighted by Gasteiger charge is -2.35. The van der Waals surface area contributed by atoms with Gasteiger partial charge in [0.25, 0.3) is 5.69 Å².